The number of non-ortho nitro benzene ring substituents is 1. The quantitative estimate of drug-likeness (QED) is 0.515. The van der Waals surface area contributed by atoms with Crippen LogP contribution < -0.4 is 4.90 Å². The zero-order valence-electron chi connectivity index (χ0n) is 14.9. The second-order valence-electron chi connectivity index (χ2n) is 6.55. The van der Waals surface area contributed by atoms with Crippen LogP contribution >= 0.6 is 0 Å². The molecule has 0 spiro atoms. The van der Waals surface area contributed by atoms with Gasteiger partial charge in [-0.3, -0.25) is 14.9 Å². The van der Waals surface area contributed by atoms with Crippen LogP contribution in [0.25, 0.3) is 10.9 Å². The third-order valence-corrected chi connectivity index (χ3v) is 4.92. The van der Waals surface area contributed by atoms with E-state index in [1.807, 2.05) is 6.07 Å². The molecule has 0 N–H and O–H groups in total. The predicted octanol–water partition coefficient (Wildman–Crippen LogP) is 3.24. The molecule has 2 heterocycles. The van der Waals surface area contributed by atoms with Crippen LogP contribution in [-0.4, -0.2) is 46.9 Å². The number of benzene rings is 2. The van der Waals surface area contributed by atoms with E-state index in [2.05, 4.69) is 9.88 Å². The van der Waals surface area contributed by atoms with Crippen molar-refractivity contribution < 1.29 is 14.1 Å². The highest BCUT2D eigenvalue weighted by Crippen LogP contribution is 2.32. The maximum absolute atomic E-state index is 13.1. The van der Waals surface area contributed by atoms with Crippen LogP contribution in [0.5, 0.6) is 0 Å². The molecule has 142 valence electrons. The second-order valence-corrected chi connectivity index (χ2v) is 6.55. The molecular formula is C20H17FN4O3. The summed E-state index contributed by atoms with van der Waals surface area (Å²) in [5.41, 5.74) is 1.65. The lowest BCUT2D eigenvalue weighted by Crippen LogP contribution is -2.48. The highest BCUT2D eigenvalue weighted by molar-refractivity contribution is 5.98. The second kappa shape index (κ2) is 7.22. The molecule has 4 rings (SSSR count). The molecule has 1 fully saturated rings. The molecule has 3 aromatic rings. The van der Waals surface area contributed by atoms with E-state index in [1.54, 1.807) is 23.2 Å². The Labute approximate surface area is 160 Å². The van der Waals surface area contributed by atoms with E-state index in [1.165, 1.54) is 30.3 Å². The molecular weight excluding hydrogens is 363 g/mol. The first-order valence-corrected chi connectivity index (χ1v) is 8.86. The zero-order valence-corrected chi connectivity index (χ0v) is 14.9. The first-order chi connectivity index (χ1) is 13.5. The van der Waals surface area contributed by atoms with Gasteiger partial charge in [0, 0.05) is 55.1 Å². The van der Waals surface area contributed by atoms with Crippen molar-refractivity contribution in [3.8, 4) is 0 Å². The summed E-state index contributed by atoms with van der Waals surface area (Å²) in [6.07, 6.45) is 1.54. The van der Waals surface area contributed by atoms with E-state index < -0.39 is 4.92 Å². The number of aromatic nitrogens is 1. The number of hydrogen-bond acceptors (Lipinski definition) is 5. The number of hydrogen-bond donors (Lipinski definition) is 0. The first-order valence-electron chi connectivity index (χ1n) is 8.86. The van der Waals surface area contributed by atoms with Crippen LogP contribution in [-0.2, 0) is 0 Å². The van der Waals surface area contributed by atoms with E-state index >= 15 is 0 Å². The highest BCUT2D eigenvalue weighted by Gasteiger charge is 2.25. The smallest absolute Gasteiger partial charge is 0.295 e. The average Bonchev–Trinajstić information content (AvgIpc) is 2.73. The summed E-state index contributed by atoms with van der Waals surface area (Å²) in [5.74, 6) is -0.505. The van der Waals surface area contributed by atoms with Gasteiger partial charge in [0.05, 0.1) is 4.92 Å². The van der Waals surface area contributed by atoms with Crippen LogP contribution in [0.2, 0.25) is 0 Å². The summed E-state index contributed by atoms with van der Waals surface area (Å²) in [4.78, 5) is 31.4. The number of amides is 1. The van der Waals surface area contributed by atoms with Gasteiger partial charge in [-0.2, -0.15) is 0 Å². The molecule has 28 heavy (non-hydrogen) atoms. The molecule has 1 saturated heterocycles. The molecule has 1 aliphatic heterocycles. The standard InChI is InChI=1S/C20H17FN4O3/c21-15-5-3-14(4-6-15)20(26)24-12-10-23(11-13-24)17-7-8-18(25(27)28)19-16(17)2-1-9-22-19/h1-9H,10-13H2. The molecule has 0 bridgehead atoms. The van der Waals surface area contributed by atoms with Crippen molar-refractivity contribution in [2.24, 2.45) is 0 Å². The van der Waals surface area contributed by atoms with Crippen LogP contribution in [0.4, 0.5) is 15.8 Å². The molecule has 0 atom stereocenters. The Morgan fingerprint density at radius 3 is 2.43 bits per heavy atom. The number of anilines is 1. The lowest BCUT2D eigenvalue weighted by molar-refractivity contribution is -0.383. The fourth-order valence-electron chi connectivity index (χ4n) is 3.49. The van der Waals surface area contributed by atoms with Crippen molar-refractivity contribution in [3.63, 3.8) is 0 Å². The van der Waals surface area contributed by atoms with E-state index in [-0.39, 0.29) is 17.4 Å². The van der Waals surface area contributed by atoms with Gasteiger partial charge < -0.3 is 9.80 Å². The van der Waals surface area contributed by atoms with Crippen molar-refractivity contribution in [2.45, 2.75) is 0 Å². The first kappa shape index (κ1) is 17.8. The minimum Gasteiger partial charge on any atom is -0.367 e. The molecule has 0 aliphatic carbocycles. The molecule has 0 radical (unpaired) electrons. The number of nitrogens with zero attached hydrogens (tertiary/aromatic N) is 4. The third kappa shape index (κ3) is 3.24. The number of nitro groups is 1. The Hall–Kier alpha value is -3.55. The predicted molar refractivity (Wildman–Crippen MR) is 103 cm³/mol. The number of nitro benzene ring substituents is 1. The maximum atomic E-state index is 13.1. The van der Waals surface area contributed by atoms with Gasteiger partial charge in [0.15, 0.2) is 0 Å². The minimum absolute atomic E-state index is 0.0236. The van der Waals surface area contributed by atoms with Crippen LogP contribution in [0.15, 0.2) is 54.7 Å². The normalized spacial score (nSPS) is 14.3. The Morgan fingerprint density at radius 1 is 1.04 bits per heavy atom. The largest absolute Gasteiger partial charge is 0.367 e. The Balaban J connectivity index is 1.54. The molecule has 7 nitrogen and oxygen atoms in total. The van der Waals surface area contributed by atoms with Gasteiger partial charge in [-0.05, 0) is 42.5 Å². The van der Waals surface area contributed by atoms with Gasteiger partial charge in [-0.15, -0.1) is 0 Å². The minimum atomic E-state index is -0.432. The van der Waals surface area contributed by atoms with Crippen LogP contribution in [0.3, 0.4) is 0 Å². The van der Waals surface area contributed by atoms with Crippen molar-refractivity contribution in [1.29, 1.82) is 0 Å². The number of carbonyl (C=O) groups excluding carboxylic acids is 1. The molecule has 1 amide bonds. The fourth-order valence-corrected chi connectivity index (χ4v) is 3.49. The number of halogens is 1. The SMILES string of the molecule is O=C(c1ccc(F)cc1)N1CCN(c2ccc([N+](=O)[O-])c3ncccc23)CC1. The number of pyridine rings is 1. The summed E-state index contributed by atoms with van der Waals surface area (Å²) >= 11 is 0. The fraction of sp³-hybridized carbons (Fsp3) is 0.200. The molecule has 1 aromatic heterocycles. The Bertz CT molecular complexity index is 1050. The van der Waals surface area contributed by atoms with E-state index in [9.17, 15) is 19.3 Å². The monoisotopic (exact) mass is 380 g/mol. The van der Waals surface area contributed by atoms with E-state index in [4.69, 9.17) is 0 Å². The summed E-state index contributed by atoms with van der Waals surface area (Å²) < 4.78 is 13.1. The van der Waals surface area contributed by atoms with Gasteiger partial charge >= 0.3 is 0 Å². The summed E-state index contributed by atoms with van der Waals surface area (Å²) in [6, 6.07) is 12.3. The van der Waals surface area contributed by atoms with Gasteiger partial charge in [-0.1, -0.05) is 0 Å². The van der Waals surface area contributed by atoms with Gasteiger partial charge in [-0.25, -0.2) is 9.37 Å². The number of carbonyl (C=O) groups is 1. The lowest BCUT2D eigenvalue weighted by Gasteiger charge is -2.36. The van der Waals surface area contributed by atoms with E-state index in [0.29, 0.717) is 37.3 Å². The lowest BCUT2D eigenvalue weighted by atomic mass is 10.1. The van der Waals surface area contributed by atoms with Crippen molar-refractivity contribution in [2.75, 3.05) is 31.1 Å². The molecule has 0 unspecified atom stereocenters. The summed E-state index contributed by atoms with van der Waals surface area (Å²) in [7, 11) is 0. The topological polar surface area (TPSA) is 79.6 Å². The maximum Gasteiger partial charge on any atom is 0.295 e. The highest BCUT2D eigenvalue weighted by atomic mass is 19.1. The Morgan fingerprint density at radius 2 is 1.75 bits per heavy atom. The number of piperazine rings is 1. The number of rotatable bonds is 3. The molecule has 0 saturated carbocycles. The van der Waals surface area contributed by atoms with Crippen molar-refractivity contribution in [1.82, 2.24) is 9.88 Å². The van der Waals surface area contributed by atoms with Crippen molar-refractivity contribution >= 4 is 28.2 Å². The third-order valence-electron chi connectivity index (χ3n) is 4.92. The molecule has 2 aromatic carbocycles. The van der Waals surface area contributed by atoms with Gasteiger partial charge in [0.2, 0.25) is 0 Å². The van der Waals surface area contributed by atoms with Crippen molar-refractivity contribution in [3.05, 3.63) is 76.2 Å². The Kier molecular flexibility index (Phi) is 4.60. The van der Waals surface area contributed by atoms with Crippen LogP contribution in [0, 0.1) is 15.9 Å². The van der Waals surface area contributed by atoms with Crippen LogP contribution in [0.1, 0.15) is 10.4 Å². The number of fused-ring (bicyclic) bond motifs is 1. The molecule has 8 heteroatoms. The van der Waals surface area contributed by atoms with Gasteiger partial charge in [0.1, 0.15) is 11.3 Å². The summed E-state index contributed by atoms with van der Waals surface area (Å²) in [6.45, 7) is 2.20. The molecule has 1 aliphatic rings. The average molecular weight is 380 g/mol. The summed E-state index contributed by atoms with van der Waals surface area (Å²) in [5, 5.41) is 12.0. The van der Waals surface area contributed by atoms with E-state index in [0.717, 1.165) is 11.1 Å². The van der Waals surface area contributed by atoms with Gasteiger partial charge in [0.25, 0.3) is 11.6 Å². The zero-order chi connectivity index (χ0) is 19.7.